The van der Waals surface area contributed by atoms with Gasteiger partial charge in [0.25, 0.3) is 0 Å². The van der Waals surface area contributed by atoms with Crippen LogP contribution in [0.4, 0.5) is 0 Å². The molecular formula is C16H24N4O3S2. The maximum Gasteiger partial charge on any atom is 0.235 e. The molecular weight excluding hydrogens is 360 g/mol. The Kier molecular flexibility index (Phi) is 4.34. The number of carbonyl (C=O) groups is 1. The molecule has 138 valence electrons. The monoisotopic (exact) mass is 384 g/mol. The van der Waals surface area contributed by atoms with Crippen molar-refractivity contribution in [3.8, 4) is 0 Å². The van der Waals surface area contributed by atoms with Crippen molar-refractivity contribution in [1.29, 1.82) is 0 Å². The van der Waals surface area contributed by atoms with Crippen LogP contribution in [-0.4, -0.2) is 63.8 Å². The van der Waals surface area contributed by atoms with Gasteiger partial charge in [0, 0.05) is 25.0 Å². The summed E-state index contributed by atoms with van der Waals surface area (Å²) in [5.41, 5.74) is 0. The highest BCUT2D eigenvalue weighted by Crippen LogP contribution is 2.46. The van der Waals surface area contributed by atoms with Crippen molar-refractivity contribution >= 4 is 27.5 Å². The summed E-state index contributed by atoms with van der Waals surface area (Å²) < 4.78 is 25.6. The maximum absolute atomic E-state index is 12.7. The van der Waals surface area contributed by atoms with Crippen LogP contribution >= 0.6 is 11.8 Å². The first kappa shape index (κ1) is 17.3. The second-order valence-corrected chi connectivity index (χ2v) is 11.0. The van der Waals surface area contributed by atoms with Crippen LogP contribution in [-0.2, 0) is 14.6 Å². The first-order chi connectivity index (χ1) is 11.9. The highest BCUT2D eigenvalue weighted by molar-refractivity contribution is 8.00. The standard InChI is InChI=1S/C16H24N4O3S2/c1-10(15(21)19(2)13-7-8-25(22,23)9-13)24-16-18-17-14(11-3-4-11)20(16)12-5-6-12/h10-13H,3-9H2,1-2H3/t10-,13+/m0/s1. The van der Waals surface area contributed by atoms with Gasteiger partial charge in [-0.3, -0.25) is 4.79 Å². The molecule has 3 fully saturated rings. The van der Waals surface area contributed by atoms with E-state index in [9.17, 15) is 13.2 Å². The first-order valence-electron chi connectivity index (χ1n) is 8.94. The molecule has 0 bridgehead atoms. The van der Waals surface area contributed by atoms with Gasteiger partial charge in [0.2, 0.25) is 5.91 Å². The Morgan fingerprint density at radius 2 is 1.96 bits per heavy atom. The molecule has 1 aromatic rings. The van der Waals surface area contributed by atoms with Crippen molar-refractivity contribution in [2.45, 2.75) is 67.4 Å². The number of aromatic nitrogens is 3. The summed E-state index contributed by atoms with van der Waals surface area (Å²) in [7, 11) is -1.28. The minimum atomic E-state index is -2.99. The zero-order valence-electron chi connectivity index (χ0n) is 14.6. The average molecular weight is 385 g/mol. The number of rotatable bonds is 6. The SMILES string of the molecule is C[C@H](Sc1nnc(C2CC2)n1C1CC1)C(=O)N(C)[C@@H]1CCS(=O)(=O)C1. The molecule has 0 spiro atoms. The van der Waals surface area contributed by atoms with Crippen LogP contribution in [0.25, 0.3) is 0 Å². The Bertz CT molecular complexity index is 783. The molecule has 1 aromatic heterocycles. The third-order valence-corrected chi connectivity index (χ3v) is 8.07. The van der Waals surface area contributed by atoms with Gasteiger partial charge in [0.1, 0.15) is 5.82 Å². The third-order valence-electron chi connectivity index (χ3n) is 5.28. The fraction of sp³-hybridized carbons (Fsp3) is 0.812. The molecule has 0 unspecified atom stereocenters. The summed E-state index contributed by atoms with van der Waals surface area (Å²) in [6, 6.07) is 0.289. The van der Waals surface area contributed by atoms with Crippen molar-refractivity contribution in [3.05, 3.63) is 5.82 Å². The second kappa shape index (κ2) is 6.26. The van der Waals surface area contributed by atoms with E-state index in [0.717, 1.165) is 23.8 Å². The van der Waals surface area contributed by atoms with Crippen LogP contribution in [0.1, 0.15) is 56.8 Å². The smallest absolute Gasteiger partial charge is 0.235 e. The summed E-state index contributed by atoms with van der Waals surface area (Å²) >= 11 is 1.45. The predicted molar refractivity (Wildman–Crippen MR) is 95.4 cm³/mol. The first-order valence-corrected chi connectivity index (χ1v) is 11.6. The lowest BCUT2D eigenvalue weighted by atomic mass is 10.2. The largest absolute Gasteiger partial charge is 0.341 e. The Morgan fingerprint density at radius 1 is 1.24 bits per heavy atom. The van der Waals surface area contributed by atoms with Crippen molar-refractivity contribution in [2.24, 2.45) is 0 Å². The van der Waals surface area contributed by atoms with E-state index in [1.54, 1.807) is 11.9 Å². The van der Waals surface area contributed by atoms with E-state index in [0.29, 0.717) is 18.4 Å². The minimum absolute atomic E-state index is 0.0366. The van der Waals surface area contributed by atoms with Gasteiger partial charge in [-0.15, -0.1) is 10.2 Å². The molecule has 3 aliphatic rings. The van der Waals surface area contributed by atoms with Crippen molar-refractivity contribution in [2.75, 3.05) is 18.6 Å². The van der Waals surface area contributed by atoms with E-state index in [1.165, 1.54) is 24.6 Å². The Labute approximate surface area is 152 Å². The number of nitrogens with zero attached hydrogens (tertiary/aromatic N) is 4. The molecule has 2 heterocycles. The summed E-state index contributed by atoms with van der Waals surface area (Å²) in [5.74, 6) is 1.85. The highest BCUT2D eigenvalue weighted by atomic mass is 32.2. The quantitative estimate of drug-likeness (QED) is 0.693. The van der Waals surface area contributed by atoms with Crippen LogP contribution < -0.4 is 0 Å². The maximum atomic E-state index is 12.7. The zero-order chi connectivity index (χ0) is 17.8. The van der Waals surface area contributed by atoms with E-state index < -0.39 is 9.84 Å². The van der Waals surface area contributed by atoms with E-state index in [2.05, 4.69) is 14.8 Å². The predicted octanol–water partition coefficient (Wildman–Crippen LogP) is 1.62. The van der Waals surface area contributed by atoms with Crippen LogP contribution in [0.15, 0.2) is 5.16 Å². The minimum Gasteiger partial charge on any atom is -0.341 e. The fourth-order valence-corrected chi connectivity index (χ4v) is 6.22. The van der Waals surface area contributed by atoms with Gasteiger partial charge in [-0.25, -0.2) is 8.42 Å². The zero-order valence-corrected chi connectivity index (χ0v) is 16.2. The van der Waals surface area contributed by atoms with Gasteiger partial charge < -0.3 is 9.47 Å². The fourth-order valence-electron chi connectivity index (χ4n) is 3.42. The molecule has 0 N–H and O–H groups in total. The van der Waals surface area contributed by atoms with Crippen molar-refractivity contribution in [3.63, 3.8) is 0 Å². The van der Waals surface area contributed by atoms with Gasteiger partial charge in [0.05, 0.1) is 16.8 Å². The molecule has 25 heavy (non-hydrogen) atoms. The summed E-state index contributed by atoms with van der Waals surface area (Å²) in [6.45, 7) is 1.87. The lowest BCUT2D eigenvalue weighted by Crippen LogP contribution is -2.41. The molecule has 9 heteroatoms. The molecule has 2 saturated carbocycles. The van der Waals surface area contributed by atoms with Gasteiger partial charge in [-0.1, -0.05) is 11.8 Å². The Hall–Kier alpha value is -1.09. The number of hydrogen-bond acceptors (Lipinski definition) is 6. The molecule has 1 saturated heterocycles. The molecule has 1 amide bonds. The van der Waals surface area contributed by atoms with E-state index >= 15 is 0 Å². The van der Waals surface area contributed by atoms with Crippen molar-refractivity contribution in [1.82, 2.24) is 19.7 Å². The van der Waals surface area contributed by atoms with Gasteiger partial charge in [-0.05, 0) is 39.0 Å². The number of sulfone groups is 1. The highest BCUT2D eigenvalue weighted by Gasteiger charge is 2.38. The summed E-state index contributed by atoms with van der Waals surface area (Å²) in [5, 5.41) is 9.26. The van der Waals surface area contributed by atoms with Crippen molar-refractivity contribution < 1.29 is 13.2 Å². The van der Waals surface area contributed by atoms with E-state index in [-0.39, 0.29) is 28.7 Å². The molecule has 0 radical (unpaired) electrons. The molecule has 7 nitrogen and oxygen atoms in total. The van der Waals surface area contributed by atoms with E-state index in [1.807, 2.05) is 6.92 Å². The van der Waals surface area contributed by atoms with Crippen LogP contribution in [0.2, 0.25) is 0 Å². The molecule has 0 aromatic carbocycles. The molecule has 2 atom stereocenters. The van der Waals surface area contributed by atoms with Gasteiger partial charge in [-0.2, -0.15) is 0 Å². The number of amides is 1. The van der Waals surface area contributed by atoms with Crippen LogP contribution in [0.5, 0.6) is 0 Å². The number of thioether (sulfide) groups is 1. The average Bonchev–Trinajstić information content (AvgIpc) is 3.49. The number of carbonyl (C=O) groups excluding carboxylic acids is 1. The Morgan fingerprint density at radius 3 is 2.52 bits per heavy atom. The molecule has 1 aliphatic heterocycles. The molecule has 4 rings (SSSR count). The summed E-state index contributed by atoms with van der Waals surface area (Å²) in [4.78, 5) is 14.4. The Balaban J connectivity index is 1.45. The summed E-state index contributed by atoms with van der Waals surface area (Å²) in [6.07, 6.45) is 5.22. The van der Waals surface area contributed by atoms with Gasteiger partial charge in [0.15, 0.2) is 15.0 Å². The van der Waals surface area contributed by atoms with Crippen LogP contribution in [0.3, 0.4) is 0 Å². The topological polar surface area (TPSA) is 85.2 Å². The third kappa shape index (κ3) is 3.58. The molecule has 2 aliphatic carbocycles. The normalized spacial score (nSPS) is 26.6. The number of hydrogen-bond donors (Lipinski definition) is 0. The second-order valence-electron chi connectivity index (χ2n) is 7.48. The van der Waals surface area contributed by atoms with Crippen LogP contribution in [0, 0.1) is 0 Å². The van der Waals surface area contributed by atoms with E-state index in [4.69, 9.17) is 0 Å². The van der Waals surface area contributed by atoms with Gasteiger partial charge >= 0.3 is 0 Å². The lowest BCUT2D eigenvalue weighted by Gasteiger charge is -2.26. The lowest BCUT2D eigenvalue weighted by molar-refractivity contribution is -0.130.